The van der Waals surface area contributed by atoms with Crippen molar-refractivity contribution in [1.29, 1.82) is 0 Å². The van der Waals surface area contributed by atoms with Gasteiger partial charge in [0.25, 0.3) is 0 Å². The molecule has 14 heavy (non-hydrogen) atoms. The first-order valence-corrected chi connectivity index (χ1v) is 5.62. The molecule has 0 aromatic heterocycles. The Hall–Kier alpha value is -0.570. The normalized spacial score (nSPS) is 21.3. The first-order chi connectivity index (χ1) is 6.58. The summed E-state index contributed by atoms with van der Waals surface area (Å²) in [6.45, 7) is 4.21. The molecule has 0 bridgehead atoms. The molecule has 3 heteroatoms. The van der Waals surface area contributed by atoms with Crippen molar-refractivity contribution in [3.8, 4) is 0 Å². The van der Waals surface area contributed by atoms with E-state index in [1.54, 1.807) is 0 Å². The van der Waals surface area contributed by atoms with Gasteiger partial charge in [0.05, 0.1) is 0 Å². The summed E-state index contributed by atoms with van der Waals surface area (Å²) in [4.78, 5) is 10.7. The van der Waals surface area contributed by atoms with E-state index < -0.39 is 0 Å². The van der Waals surface area contributed by atoms with Crippen LogP contribution in [0.3, 0.4) is 0 Å². The lowest BCUT2D eigenvalue weighted by Crippen LogP contribution is -2.38. The third-order valence-electron chi connectivity index (χ3n) is 2.99. The van der Waals surface area contributed by atoms with Gasteiger partial charge in [-0.1, -0.05) is 19.3 Å². The monoisotopic (exact) mass is 198 g/mol. The van der Waals surface area contributed by atoms with Gasteiger partial charge in [-0.15, -0.1) is 0 Å². The third kappa shape index (κ3) is 4.09. The van der Waals surface area contributed by atoms with E-state index in [4.69, 9.17) is 5.73 Å². The number of nitrogens with two attached hydrogens (primary N) is 1. The molecule has 1 rings (SSSR count). The number of hydrogen-bond acceptors (Lipinski definition) is 2. The molecule has 1 amide bonds. The molecule has 3 N–H and O–H groups in total. The van der Waals surface area contributed by atoms with Crippen LogP contribution in [0.2, 0.25) is 0 Å². The highest BCUT2D eigenvalue weighted by Crippen LogP contribution is 2.30. The standard InChI is InChI=1S/C11H22N2O/c1-8(6-10-4-3-5-10)13-9(2)7-11(12)14/h8-10,13H,3-7H2,1-2H3,(H2,12,14). The maximum Gasteiger partial charge on any atom is 0.218 e. The molecule has 3 nitrogen and oxygen atoms in total. The van der Waals surface area contributed by atoms with E-state index >= 15 is 0 Å². The summed E-state index contributed by atoms with van der Waals surface area (Å²) in [5.41, 5.74) is 5.13. The Balaban J connectivity index is 2.11. The second-order valence-corrected chi connectivity index (χ2v) is 4.67. The topological polar surface area (TPSA) is 55.1 Å². The molecule has 0 aromatic carbocycles. The van der Waals surface area contributed by atoms with Crippen molar-refractivity contribution in [2.45, 2.75) is 58.0 Å². The van der Waals surface area contributed by atoms with Gasteiger partial charge in [0.1, 0.15) is 0 Å². The van der Waals surface area contributed by atoms with Crippen LogP contribution < -0.4 is 11.1 Å². The fourth-order valence-electron chi connectivity index (χ4n) is 2.14. The van der Waals surface area contributed by atoms with E-state index in [0.717, 1.165) is 5.92 Å². The summed E-state index contributed by atoms with van der Waals surface area (Å²) >= 11 is 0. The first-order valence-electron chi connectivity index (χ1n) is 5.62. The maximum atomic E-state index is 10.7. The van der Waals surface area contributed by atoms with Crippen LogP contribution in [0.4, 0.5) is 0 Å². The van der Waals surface area contributed by atoms with Crippen molar-refractivity contribution < 1.29 is 4.79 Å². The first kappa shape index (κ1) is 11.5. The zero-order valence-electron chi connectivity index (χ0n) is 9.25. The van der Waals surface area contributed by atoms with E-state index in [2.05, 4.69) is 12.2 Å². The Morgan fingerprint density at radius 3 is 2.50 bits per heavy atom. The molecule has 0 spiro atoms. The molecule has 2 unspecified atom stereocenters. The number of amides is 1. The largest absolute Gasteiger partial charge is 0.370 e. The molecule has 82 valence electrons. The van der Waals surface area contributed by atoms with Gasteiger partial charge in [0, 0.05) is 18.5 Å². The predicted molar refractivity (Wildman–Crippen MR) is 57.8 cm³/mol. The van der Waals surface area contributed by atoms with Gasteiger partial charge >= 0.3 is 0 Å². The highest BCUT2D eigenvalue weighted by atomic mass is 16.1. The number of rotatable bonds is 6. The molecule has 0 saturated heterocycles. The van der Waals surface area contributed by atoms with Crippen LogP contribution in [0.25, 0.3) is 0 Å². The van der Waals surface area contributed by atoms with Crippen molar-refractivity contribution in [1.82, 2.24) is 5.32 Å². The van der Waals surface area contributed by atoms with E-state index in [9.17, 15) is 4.79 Å². The summed E-state index contributed by atoms with van der Waals surface area (Å²) in [5.74, 6) is 0.694. The lowest BCUT2D eigenvalue weighted by molar-refractivity contribution is -0.118. The van der Waals surface area contributed by atoms with Gasteiger partial charge in [0.15, 0.2) is 0 Å². The van der Waals surface area contributed by atoms with E-state index in [-0.39, 0.29) is 11.9 Å². The Morgan fingerprint density at radius 1 is 1.43 bits per heavy atom. The molecular formula is C11H22N2O. The Labute approximate surface area is 86.4 Å². The van der Waals surface area contributed by atoms with Crippen LogP contribution in [0.5, 0.6) is 0 Å². The number of nitrogens with one attached hydrogen (secondary N) is 1. The average Bonchev–Trinajstić information content (AvgIpc) is 1.94. The number of primary amides is 1. The van der Waals surface area contributed by atoms with Gasteiger partial charge in [-0.2, -0.15) is 0 Å². The fraction of sp³-hybridized carbons (Fsp3) is 0.909. The minimum Gasteiger partial charge on any atom is -0.370 e. The quantitative estimate of drug-likeness (QED) is 0.678. The predicted octanol–water partition coefficient (Wildman–Crippen LogP) is 1.42. The van der Waals surface area contributed by atoms with Gasteiger partial charge in [-0.05, 0) is 26.2 Å². The van der Waals surface area contributed by atoms with Crippen molar-refractivity contribution in [2.75, 3.05) is 0 Å². The minimum absolute atomic E-state index is 0.211. The van der Waals surface area contributed by atoms with Crippen molar-refractivity contribution in [3.63, 3.8) is 0 Å². The molecular weight excluding hydrogens is 176 g/mol. The third-order valence-corrected chi connectivity index (χ3v) is 2.99. The van der Waals surface area contributed by atoms with Gasteiger partial charge in [0.2, 0.25) is 5.91 Å². The Kier molecular flexibility index (Phi) is 4.39. The van der Waals surface area contributed by atoms with E-state index in [1.165, 1.54) is 25.7 Å². The maximum absolute atomic E-state index is 10.7. The van der Waals surface area contributed by atoms with Crippen LogP contribution in [-0.4, -0.2) is 18.0 Å². The number of carbonyl (C=O) groups excluding carboxylic acids is 1. The Bertz CT molecular complexity index is 190. The van der Waals surface area contributed by atoms with Crippen LogP contribution in [0.1, 0.15) is 46.0 Å². The molecule has 0 heterocycles. The zero-order chi connectivity index (χ0) is 10.6. The number of carbonyl (C=O) groups is 1. The number of hydrogen-bond donors (Lipinski definition) is 2. The van der Waals surface area contributed by atoms with Crippen LogP contribution in [0, 0.1) is 5.92 Å². The van der Waals surface area contributed by atoms with Crippen molar-refractivity contribution in [2.24, 2.45) is 11.7 Å². The molecule has 0 aromatic rings. The fourth-order valence-corrected chi connectivity index (χ4v) is 2.14. The molecule has 1 saturated carbocycles. The van der Waals surface area contributed by atoms with Crippen LogP contribution >= 0.6 is 0 Å². The SMILES string of the molecule is CC(CC(N)=O)NC(C)CC1CCC1. The van der Waals surface area contributed by atoms with Gasteiger partial charge in [-0.25, -0.2) is 0 Å². The molecule has 1 aliphatic carbocycles. The van der Waals surface area contributed by atoms with Crippen molar-refractivity contribution >= 4 is 5.91 Å². The second kappa shape index (κ2) is 5.35. The summed E-state index contributed by atoms with van der Waals surface area (Å²) in [7, 11) is 0. The molecule has 2 atom stereocenters. The van der Waals surface area contributed by atoms with Crippen molar-refractivity contribution in [3.05, 3.63) is 0 Å². The highest BCUT2D eigenvalue weighted by molar-refractivity contribution is 5.74. The molecule has 0 aliphatic heterocycles. The van der Waals surface area contributed by atoms with E-state index in [1.807, 2.05) is 6.92 Å². The lowest BCUT2D eigenvalue weighted by atomic mass is 9.81. The second-order valence-electron chi connectivity index (χ2n) is 4.67. The molecule has 1 fully saturated rings. The Morgan fingerprint density at radius 2 is 2.07 bits per heavy atom. The lowest BCUT2D eigenvalue weighted by Gasteiger charge is -2.29. The molecule has 1 aliphatic rings. The molecule has 0 radical (unpaired) electrons. The average molecular weight is 198 g/mol. The minimum atomic E-state index is -0.221. The smallest absolute Gasteiger partial charge is 0.218 e. The summed E-state index contributed by atoms with van der Waals surface area (Å²) in [5, 5.41) is 3.41. The summed E-state index contributed by atoms with van der Waals surface area (Å²) < 4.78 is 0. The van der Waals surface area contributed by atoms with Crippen LogP contribution in [-0.2, 0) is 4.79 Å². The van der Waals surface area contributed by atoms with Gasteiger partial charge < -0.3 is 11.1 Å². The zero-order valence-corrected chi connectivity index (χ0v) is 9.25. The van der Waals surface area contributed by atoms with Gasteiger partial charge in [-0.3, -0.25) is 4.79 Å². The summed E-state index contributed by atoms with van der Waals surface area (Å²) in [6.07, 6.45) is 5.85. The highest BCUT2D eigenvalue weighted by Gasteiger charge is 2.20. The summed E-state index contributed by atoms with van der Waals surface area (Å²) in [6, 6.07) is 0.720. The van der Waals surface area contributed by atoms with Crippen LogP contribution in [0.15, 0.2) is 0 Å². The van der Waals surface area contributed by atoms with E-state index in [0.29, 0.717) is 12.5 Å².